The number of primary amides is 1. The number of rotatable bonds is 5. The van der Waals surface area contributed by atoms with Crippen molar-refractivity contribution < 1.29 is 19.2 Å². The lowest BCUT2D eigenvalue weighted by atomic mass is 10.1. The van der Waals surface area contributed by atoms with Gasteiger partial charge in [0.05, 0.1) is 6.42 Å². The van der Waals surface area contributed by atoms with Crippen LogP contribution in [-0.2, 0) is 19.2 Å². The van der Waals surface area contributed by atoms with Crippen LogP contribution in [0.1, 0.15) is 19.3 Å². The average Bonchev–Trinajstić information content (AvgIpc) is 2.89. The first-order chi connectivity index (χ1) is 9.93. The highest BCUT2D eigenvalue weighted by Gasteiger charge is 2.38. The second kappa shape index (κ2) is 6.33. The largest absolute Gasteiger partial charge is 0.368 e. The standard InChI is InChI=1S/C12H18N4O4S/c13-10(18)8-2-1-3-16(8)12(20)7(5-21)15-11(19)6-4-9(17)14-6/h6-8,21H,1-5H2,(H2,13,18)(H,14,17)(H,15,19)/t6-,7-,8-/m0/s1. The van der Waals surface area contributed by atoms with Crippen LogP contribution in [0, 0.1) is 0 Å². The van der Waals surface area contributed by atoms with Gasteiger partial charge in [-0.15, -0.1) is 0 Å². The minimum atomic E-state index is -0.835. The minimum Gasteiger partial charge on any atom is -0.368 e. The Morgan fingerprint density at radius 1 is 1.48 bits per heavy atom. The molecule has 2 saturated heterocycles. The van der Waals surface area contributed by atoms with Gasteiger partial charge in [-0.05, 0) is 12.8 Å². The number of amides is 4. The molecule has 2 fully saturated rings. The first-order valence-electron chi connectivity index (χ1n) is 6.74. The summed E-state index contributed by atoms with van der Waals surface area (Å²) in [7, 11) is 0. The second-order valence-corrected chi connectivity index (χ2v) is 5.53. The molecule has 2 aliphatic rings. The molecule has 0 aromatic heterocycles. The third-order valence-electron chi connectivity index (χ3n) is 3.70. The maximum atomic E-state index is 12.4. The molecule has 0 aliphatic carbocycles. The Morgan fingerprint density at radius 3 is 2.67 bits per heavy atom. The van der Waals surface area contributed by atoms with Crippen molar-refractivity contribution in [1.82, 2.24) is 15.5 Å². The minimum absolute atomic E-state index is 0.104. The smallest absolute Gasteiger partial charge is 0.246 e. The van der Waals surface area contributed by atoms with E-state index in [1.54, 1.807) is 0 Å². The predicted octanol–water partition coefficient (Wildman–Crippen LogP) is -2.23. The summed E-state index contributed by atoms with van der Waals surface area (Å²) >= 11 is 4.07. The first kappa shape index (κ1) is 15.6. The molecule has 0 aromatic rings. The van der Waals surface area contributed by atoms with Crippen molar-refractivity contribution in [3.63, 3.8) is 0 Å². The van der Waals surface area contributed by atoms with Crippen molar-refractivity contribution in [2.24, 2.45) is 5.73 Å². The van der Waals surface area contributed by atoms with E-state index in [1.165, 1.54) is 4.90 Å². The Morgan fingerprint density at radius 2 is 2.14 bits per heavy atom. The molecule has 0 aromatic carbocycles. The Labute approximate surface area is 127 Å². The number of carbonyl (C=O) groups is 4. The fraction of sp³-hybridized carbons (Fsp3) is 0.667. The molecule has 4 amide bonds. The van der Waals surface area contributed by atoms with E-state index in [0.29, 0.717) is 19.4 Å². The van der Waals surface area contributed by atoms with Gasteiger partial charge >= 0.3 is 0 Å². The zero-order valence-corrected chi connectivity index (χ0v) is 12.3. The number of likely N-dealkylation sites (tertiary alicyclic amines) is 1. The monoisotopic (exact) mass is 314 g/mol. The Bertz CT molecular complexity index is 476. The summed E-state index contributed by atoms with van der Waals surface area (Å²) in [5.41, 5.74) is 5.28. The van der Waals surface area contributed by atoms with Crippen molar-refractivity contribution in [1.29, 1.82) is 0 Å². The molecular weight excluding hydrogens is 296 g/mol. The summed E-state index contributed by atoms with van der Waals surface area (Å²) in [4.78, 5) is 47.8. The number of nitrogens with two attached hydrogens (primary N) is 1. The van der Waals surface area contributed by atoms with Crippen molar-refractivity contribution in [2.75, 3.05) is 12.3 Å². The summed E-state index contributed by atoms with van der Waals surface area (Å²) in [6.07, 6.45) is 1.35. The average molecular weight is 314 g/mol. The van der Waals surface area contributed by atoms with E-state index >= 15 is 0 Å². The van der Waals surface area contributed by atoms with Gasteiger partial charge in [0.1, 0.15) is 18.1 Å². The van der Waals surface area contributed by atoms with Crippen LogP contribution < -0.4 is 16.4 Å². The molecule has 0 radical (unpaired) electrons. The summed E-state index contributed by atoms with van der Waals surface area (Å²) in [5, 5.41) is 4.98. The zero-order chi connectivity index (χ0) is 15.6. The van der Waals surface area contributed by atoms with Crippen LogP contribution >= 0.6 is 12.6 Å². The molecule has 2 heterocycles. The van der Waals surface area contributed by atoms with E-state index in [9.17, 15) is 19.2 Å². The number of thiol groups is 1. The number of nitrogens with one attached hydrogen (secondary N) is 2. The summed E-state index contributed by atoms with van der Waals surface area (Å²) in [6.45, 7) is 0.437. The van der Waals surface area contributed by atoms with Crippen LogP contribution in [0.2, 0.25) is 0 Å². The van der Waals surface area contributed by atoms with Gasteiger partial charge in [0, 0.05) is 12.3 Å². The van der Waals surface area contributed by atoms with Crippen molar-refractivity contribution in [3.05, 3.63) is 0 Å². The topological polar surface area (TPSA) is 122 Å². The first-order valence-corrected chi connectivity index (χ1v) is 7.37. The highest BCUT2D eigenvalue weighted by atomic mass is 32.1. The van der Waals surface area contributed by atoms with E-state index in [-0.39, 0.29) is 24.0 Å². The van der Waals surface area contributed by atoms with Crippen LogP contribution in [0.4, 0.5) is 0 Å². The van der Waals surface area contributed by atoms with E-state index in [1.807, 2.05) is 0 Å². The summed E-state index contributed by atoms with van der Waals surface area (Å²) in [6, 6.07) is -2.06. The third-order valence-corrected chi connectivity index (χ3v) is 4.07. The molecule has 116 valence electrons. The van der Waals surface area contributed by atoms with Crippen LogP contribution in [0.3, 0.4) is 0 Å². The molecule has 0 spiro atoms. The van der Waals surface area contributed by atoms with E-state index in [0.717, 1.165) is 0 Å². The van der Waals surface area contributed by atoms with Gasteiger partial charge in [0.2, 0.25) is 23.6 Å². The molecule has 0 saturated carbocycles. The van der Waals surface area contributed by atoms with Gasteiger partial charge in [-0.25, -0.2) is 0 Å². The third kappa shape index (κ3) is 3.29. The molecule has 0 bridgehead atoms. The van der Waals surface area contributed by atoms with E-state index < -0.39 is 29.9 Å². The molecule has 9 heteroatoms. The van der Waals surface area contributed by atoms with E-state index in [2.05, 4.69) is 23.3 Å². The van der Waals surface area contributed by atoms with Crippen LogP contribution in [0.5, 0.6) is 0 Å². The number of nitrogens with zero attached hydrogens (tertiary/aromatic N) is 1. The summed E-state index contributed by atoms with van der Waals surface area (Å²) in [5.74, 6) is -1.43. The van der Waals surface area contributed by atoms with Gasteiger partial charge in [0.15, 0.2) is 0 Å². The molecule has 0 unspecified atom stereocenters. The fourth-order valence-corrected chi connectivity index (χ4v) is 2.75. The summed E-state index contributed by atoms with van der Waals surface area (Å²) < 4.78 is 0. The van der Waals surface area contributed by atoms with Crippen molar-refractivity contribution in [3.8, 4) is 0 Å². The lowest BCUT2D eigenvalue weighted by Gasteiger charge is -2.30. The zero-order valence-electron chi connectivity index (χ0n) is 11.4. The van der Waals surface area contributed by atoms with Gasteiger partial charge in [-0.2, -0.15) is 12.6 Å². The van der Waals surface area contributed by atoms with Gasteiger partial charge in [-0.3, -0.25) is 19.2 Å². The molecule has 4 N–H and O–H groups in total. The highest BCUT2D eigenvalue weighted by molar-refractivity contribution is 7.80. The van der Waals surface area contributed by atoms with Gasteiger partial charge < -0.3 is 21.3 Å². The number of carbonyl (C=O) groups excluding carboxylic acids is 4. The molecule has 8 nitrogen and oxygen atoms in total. The van der Waals surface area contributed by atoms with Crippen LogP contribution in [0.15, 0.2) is 0 Å². The maximum absolute atomic E-state index is 12.4. The van der Waals surface area contributed by atoms with Crippen LogP contribution in [0.25, 0.3) is 0 Å². The normalized spacial score (nSPS) is 25.8. The van der Waals surface area contributed by atoms with Crippen molar-refractivity contribution in [2.45, 2.75) is 37.4 Å². The van der Waals surface area contributed by atoms with E-state index in [4.69, 9.17) is 5.73 Å². The SMILES string of the molecule is NC(=O)[C@@H]1CCCN1C(=O)[C@H](CS)NC(=O)[C@@H]1CC(=O)N1. The molecule has 2 rings (SSSR count). The number of β-lactam (4-membered cyclic amide) rings is 1. The number of hydrogen-bond acceptors (Lipinski definition) is 5. The maximum Gasteiger partial charge on any atom is 0.246 e. The second-order valence-electron chi connectivity index (χ2n) is 5.16. The predicted molar refractivity (Wildman–Crippen MR) is 76.3 cm³/mol. The lowest BCUT2D eigenvalue weighted by Crippen LogP contribution is -2.61. The Balaban J connectivity index is 1.96. The van der Waals surface area contributed by atoms with Crippen molar-refractivity contribution >= 4 is 36.3 Å². The number of hydrogen-bond donors (Lipinski definition) is 4. The molecular formula is C12H18N4O4S. The van der Waals surface area contributed by atoms with Gasteiger partial charge in [0.25, 0.3) is 0 Å². The Kier molecular flexibility index (Phi) is 4.71. The van der Waals surface area contributed by atoms with Gasteiger partial charge in [-0.1, -0.05) is 0 Å². The highest BCUT2D eigenvalue weighted by Crippen LogP contribution is 2.18. The Hall–Kier alpha value is -1.77. The fourth-order valence-electron chi connectivity index (χ4n) is 2.50. The molecule has 3 atom stereocenters. The quantitative estimate of drug-likeness (QED) is 0.339. The van der Waals surface area contributed by atoms with Crippen LogP contribution in [-0.4, -0.2) is 59.0 Å². The molecule has 2 aliphatic heterocycles. The lowest BCUT2D eigenvalue weighted by molar-refractivity contribution is -0.142. The molecule has 21 heavy (non-hydrogen) atoms.